The standard InChI is InChI=1S/C19H28N2O6/c1-5-7-10-26-14-9-8-13(11-15(14)25-6-2)18(23)27-16(12(3)4)17(22)21-19(20)24/h8-9,11-12,16H,5-7,10H2,1-4H3,(H3,20,21,22,24)/t16-/m0/s1. The second-order valence-electron chi connectivity index (χ2n) is 6.22. The number of rotatable bonds is 10. The van der Waals surface area contributed by atoms with E-state index in [4.69, 9.17) is 19.9 Å². The molecule has 0 aromatic heterocycles. The number of nitrogens with one attached hydrogen (secondary N) is 1. The Balaban J connectivity index is 2.95. The molecule has 150 valence electrons. The minimum absolute atomic E-state index is 0.207. The molecule has 0 aliphatic rings. The predicted octanol–water partition coefficient (Wildman–Crippen LogP) is 2.64. The van der Waals surface area contributed by atoms with Crippen molar-refractivity contribution in [3.63, 3.8) is 0 Å². The molecule has 0 saturated carbocycles. The van der Waals surface area contributed by atoms with Crippen molar-refractivity contribution in [1.82, 2.24) is 5.32 Å². The van der Waals surface area contributed by atoms with Crippen LogP contribution in [0.25, 0.3) is 0 Å². The fraction of sp³-hybridized carbons (Fsp3) is 0.526. The fourth-order valence-electron chi connectivity index (χ4n) is 2.22. The first-order valence-corrected chi connectivity index (χ1v) is 9.01. The highest BCUT2D eigenvalue weighted by molar-refractivity contribution is 5.98. The summed E-state index contributed by atoms with van der Waals surface area (Å²) in [5.41, 5.74) is 5.16. The van der Waals surface area contributed by atoms with Crippen molar-refractivity contribution in [3.05, 3.63) is 23.8 Å². The number of benzene rings is 1. The summed E-state index contributed by atoms with van der Waals surface area (Å²) in [6.45, 7) is 8.21. The first-order chi connectivity index (χ1) is 12.8. The SMILES string of the molecule is CCCCOc1ccc(C(=O)O[C@H](C(=O)NC(N)=O)C(C)C)cc1OCC. The van der Waals surface area contributed by atoms with Gasteiger partial charge in [-0.2, -0.15) is 0 Å². The van der Waals surface area contributed by atoms with Crippen molar-refractivity contribution in [2.75, 3.05) is 13.2 Å². The number of carbonyl (C=O) groups excluding carboxylic acids is 3. The molecule has 0 heterocycles. The molecule has 3 N–H and O–H groups in total. The molecule has 27 heavy (non-hydrogen) atoms. The smallest absolute Gasteiger partial charge is 0.339 e. The Bertz CT molecular complexity index is 660. The number of urea groups is 1. The van der Waals surface area contributed by atoms with Crippen molar-refractivity contribution in [2.24, 2.45) is 11.7 Å². The molecule has 0 aliphatic heterocycles. The minimum atomic E-state index is -1.15. The van der Waals surface area contributed by atoms with Crippen LogP contribution in [0.3, 0.4) is 0 Å². The molecule has 0 saturated heterocycles. The Morgan fingerprint density at radius 1 is 1.11 bits per heavy atom. The van der Waals surface area contributed by atoms with Crippen LogP contribution in [-0.4, -0.2) is 37.2 Å². The molecule has 3 amide bonds. The Hall–Kier alpha value is -2.77. The number of carbonyl (C=O) groups is 3. The lowest BCUT2D eigenvalue weighted by molar-refractivity contribution is -0.130. The van der Waals surface area contributed by atoms with E-state index in [1.165, 1.54) is 12.1 Å². The van der Waals surface area contributed by atoms with Gasteiger partial charge in [-0.15, -0.1) is 0 Å². The first-order valence-electron chi connectivity index (χ1n) is 9.01. The summed E-state index contributed by atoms with van der Waals surface area (Å²) < 4.78 is 16.5. The highest BCUT2D eigenvalue weighted by Gasteiger charge is 2.28. The van der Waals surface area contributed by atoms with E-state index in [0.29, 0.717) is 24.7 Å². The zero-order valence-electron chi connectivity index (χ0n) is 16.2. The van der Waals surface area contributed by atoms with Crippen LogP contribution in [0.1, 0.15) is 50.9 Å². The van der Waals surface area contributed by atoms with Crippen LogP contribution in [0, 0.1) is 5.92 Å². The van der Waals surface area contributed by atoms with Crippen LogP contribution in [-0.2, 0) is 9.53 Å². The molecule has 0 fully saturated rings. The van der Waals surface area contributed by atoms with Gasteiger partial charge in [-0.3, -0.25) is 10.1 Å². The van der Waals surface area contributed by atoms with Gasteiger partial charge in [-0.25, -0.2) is 9.59 Å². The molecule has 0 unspecified atom stereocenters. The molecular formula is C19H28N2O6. The maximum atomic E-state index is 12.5. The molecule has 0 spiro atoms. The van der Waals surface area contributed by atoms with Crippen LogP contribution in [0.15, 0.2) is 18.2 Å². The molecule has 0 aliphatic carbocycles. The van der Waals surface area contributed by atoms with Gasteiger partial charge < -0.3 is 19.9 Å². The summed E-state index contributed by atoms with van der Waals surface area (Å²) in [4.78, 5) is 35.3. The Morgan fingerprint density at radius 2 is 1.81 bits per heavy atom. The molecule has 1 aromatic rings. The van der Waals surface area contributed by atoms with Crippen molar-refractivity contribution in [3.8, 4) is 11.5 Å². The Kier molecular flexibility index (Phi) is 9.12. The zero-order chi connectivity index (χ0) is 20.4. The Labute approximate surface area is 159 Å². The highest BCUT2D eigenvalue weighted by atomic mass is 16.5. The van der Waals surface area contributed by atoms with Gasteiger partial charge in [0.05, 0.1) is 18.8 Å². The van der Waals surface area contributed by atoms with Crippen molar-refractivity contribution in [2.45, 2.75) is 46.6 Å². The second-order valence-corrected chi connectivity index (χ2v) is 6.22. The number of primary amides is 1. The number of ether oxygens (including phenoxy) is 3. The third-order valence-corrected chi connectivity index (χ3v) is 3.58. The van der Waals surface area contributed by atoms with Crippen LogP contribution in [0.4, 0.5) is 4.79 Å². The summed E-state index contributed by atoms with van der Waals surface area (Å²) in [6, 6.07) is 3.67. The predicted molar refractivity (Wildman–Crippen MR) is 99.8 cm³/mol. The van der Waals surface area contributed by atoms with Gasteiger partial charge in [0.25, 0.3) is 5.91 Å². The average Bonchev–Trinajstić information content (AvgIpc) is 2.60. The van der Waals surface area contributed by atoms with Gasteiger partial charge in [-0.05, 0) is 37.5 Å². The number of hydrogen-bond donors (Lipinski definition) is 2. The highest BCUT2D eigenvalue weighted by Crippen LogP contribution is 2.29. The number of imide groups is 1. The molecular weight excluding hydrogens is 352 g/mol. The molecule has 1 rings (SSSR count). The van der Waals surface area contributed by atoms with Crippen molar-refractivity contribution < 1.29 is 28.6 Å². The van der Waals surface area contributed by atoms with E-state index in [1.54, 1.807) is 19.9 Å². The topological polar surface area (TPSA) is 117 Å². The van der Waals surface area contributed by atoms with E-state index in [1.807, 2.05) is 12.2 Å². The summed E-state index contributed by atoms with van der Waals surface area (Å²) in [5, 5.41) is 1.93. The number of esters is 1. The Morgan fingerprint density at radius 3 is 2.37 bits per heavy atom. The molecule has 0 bridgehead atoms. The van der Waals surface area contributed by atoms with Crippen LogP contribution >= 0.6 is 0 Å². The fourth-order valence-corrected chi connectivity index (χ4v) is 2.22. The van der Waals surface area contributed by atoms with E-state index in [0.717, 1.165) is 12.8 Å². The number of hydrogen-bond acceptors (Lipinski definition) is 6. The second kappa shape index (κ2) is 11.1. The number of amides is 3. The largest absolute Gasteiger partial charge is 0.490 e. The van der Waals surface area contributed by atoms with E-state index in [9.17, 15) is 14.4 Å². The lowest BCUT2D eigenvalue weighted by Crippen LogP contribution is -2.45. The molecule has 8 heteroatoms. The maximum absolute atomic E-state index is 12.5. The third-order valence-electron chi connectivity index (χ3n) is 3.58. The summed E-state index contributed by atoms with van der Waals surface area (Å²) in [6.07, 6.45) is 0.750. The zero-order valence-corrected chi connectivity index (χ0v) is 16.2. The lowest BCUT2D eigenvalue weighted by atomic mass is 10.1. The average molecular weight is 380 g/mol. The monoisotopic (exact) mass is 380 g/mol. The van der Waals surface area contributed by atoms with Gasteiger partial charge in [0, 0.05) is 0 Å². The van der Waals surface area contributed by atoms with Crippen molar-refractivity contribution in [1.29, 1.82) is 0 Å². The van der Waals surface area contributed by atoms with Crippen LogP contribution < -0.4 is 20.5 Å². The van der Waals surface area contributed by atoms with Gasteiger partial charge in [-0.1, -0.05) is 27.2 Å². The van der Waals surface area contributed by atoms with E-state index in [-0.39, 0.29) is 11.5 Å². The summed E-state index contributed by atoms with van der Waals surface area (Å²) in [7, 11) is 0. The quantitative estimate of drug-likeness (QED) is 0.476. The van der Waals surface area contributed by atoms with E-state index in [2.05, 4.69) is 6.92 Å². The van der Waals surface area contributed by atoms with Crippen molar-refractivity contribution >= 4 is 17.9 Å². The lowest BCUT2D eigenvalue weighted by Gasteiger charge is -2.20. The molecule has 1 atom stereocenters. The van der Waals surface area contributed by atoms with E-state index < -0.39 is 24.0 Å². The molecule has 8 nitrogen and oxygen atoms in total. The maximum Gasteiger partial charge on any atom is 0.339 e. The third kappa shape index (κ3) is 7.16. The van der Waals surface area contributed by atoms with Gasteiger partial charge in [0.15, 0.2) is 17.6 Å². The summed E-state index contributed by atoms with van der Waals surface area (Å²) >= 11 is 0. The van der Waals surface area contributed by atoms with Gasteiger partial charge in [0.1, 0.15) is 0 Å². The van der Waals surface area contributed by atoms with E-state index >= 15 is 0 Å². The molecule has 1 aromatic carbocycles. The normalized spacial score (nSPS) is 11.6. The van der Waals surface area contributed by atoms with Crippen LogP contribution in [0.5, 0.6) is 11.5 Å². The molecule has 0 radical (unpaired) electrons. The van der Waals surface area contributed by atoms with Gasteiger partial charge >= 0.3 is 12.0 Å². The number of nitrogens with two attached hydrogens (primary N) is 1. The van der Waals surface area contributed by atoms with Crippen LogP contribution in [0.2, 0.25) is 0 Å². The number of unbranched alkanes of at least 4 members (excludes halogenated alkanes) is 1. The summed E-state index contributed by atoms with van der Waals surface area (Å²) in [5.74, 6) is -0.874. The first kappa shape index (κ1) is 22.3. The minimum Gasteiger partial charge on any atom is -0.490 e. The van der Waals surface area contributed by atoms with Gasteiger partial charge in [0.2, 0.25) is 0 Å².